The molecule has 1 amide bonds. The molecular formula is C18H20N2O4. The van der Waals surface area contributed by atoms with Crippen LogP contribution in [-0.4, -0.2) is 29.9 Å². The number of carbonyl (C=O) groups excluding carboxylic acids is 1. The number of nitro benzene ring substituents is 1. The number of methoxy groups -OCH3 is 1. The molecule has 2 aromatic rings. The molecule has 6 nitrogen and oxygen atoms in total. The first-order chi connectivity index (χ1) is 11.4. The van der Waals surface area contributed by atoms with E-state index in [1.807, 2.05) is 31.2 Å². The van der Waals surface area contributed by atoms with Crippen LogP contribution in [0.15, 0.2) is 48.5 Å². The van der Waals surface area contributed by atoms with Gasteiger partial charge < -0.3 is 9.64 Å². The SMILES string of the molecule is COc1ccc(CC(=O)N(C)[C@@H](C)c2cccc([N+](=O)[O-])c2)cc1. The number of benzene rings is 2. The van der Waals surface area contributed by atoms with E-state index >= 15 is 0 Å². The zero-order valence-corrected chi connectivity index (χ0v) is 13.9. The minimum absolute atomic E-state index is 0.0235. The van der Waals surface area contributed by atoms with Gasteiger partial charge in [-0.25, -0.2) is 0 Å². The first-order valence-electron chi connectivity index (χ1n) is 7.55. The van der Waals surface area contributed by atoms with Gasteiger partial charge in [0.15, 0.2) is 0 Å². The second kappa shape index (κ2) is 7.59. The van der Waals surface area contributed by atoms with Gasteiger partial charge in [0, 0.05) is 19.2 Å². The van der Waals surface area contributed by atoms with Crippen molar-refractivity contribution >= 4 is 11.6 Å². The van der Waals surface area contributed by atoms with Crippen molar-refractivity contribution in [2.24, 2.45) is 0 Å². The van der Waals surface area contributed by atoms with E-state index < -0.39 is 4.92 Å². The molecule has 2 aromatic carbocycles. The third-order valence-corrected chi connectivity index (χ3v) is 4.05. The van der Waals surface area contributed by atoms with E-state index in [-0.39, 0.29) is 24.1 Å². The average molecular weight is 328 g/mol. The average Bonchev–Trinajstić information content (AvgIpc) is 2.61. The van der Waals surface area contributed by atoms with Gasteiger partial charge in [-0.3, -0.25) is 14.9 Å². The van der Waals surface area contributed by atoms with E-state index in [4.69, 9.17) is 4.74 Å². The molecule has 2 rings (SSSR count). The van der Waals surface area contributed by atoms with Crippen molar-refractivity contribution in [3.63, 3.8) is 0 Å². The minimum Gasteiger partial charge on any atom is -0.497 e. The lowest BCUT2D eigenvalue weighted by Gasteiger charge is -2.25. The maximum absolute atomic E-state index is 12.5. The Kier molecular flexibility index (Phi) is 5.52. The first-order valence-corrected chi connectivity index (χ1v) is 7.55. The van der Waals surface area contributed by atoms with Crippen LogP contribution in [0.4, 0.5) is 5.69 Å². The predicted molar refractivity (Wildman–Crippen MR) is 91.0 cm³/mol. The van der Waals surface area contributed by atoms with Crippen LogP contribution in [0.3, 0.4) is 0 Å². The van der Waals surface area contributed by atoms with Crippen molar-refractivity contribution in [2.45, 2.75) is 19.4 Å². The number of likely N-dealkylation sites (N-methyl/N-ethyl adjacent to an activating group) is 1. The third-order valence-electron chi connectivity index (χ3n) is 4.05. The number of carbonyl (C=O) groups is 1. The summed E-state index contributed by atoms with van der Waals surface area (Å²) in [5, 5.41) is 10.9. The number of amides is 1. The summed E-state index contributed by atoms with van der Waals surface area (Å²) in [5.41, 5.74) is 1.64. The molecule has 0 N–H and O–H groups in total. The fourth-order valence-electron chi connectivity index (χ4n) is 2.38. The zero-order chi connectivity index (χ0) is 17.7. The Labute approximate surface area is 140 Å². The van der Waals surface area contributed by atoms with Crippen molar-refractivity contribution in [1.29, 1.82) is 0 Å². The summed E-state index contributed by atoms with van der Waals surface area (Å²) in [6.45, 7) is 1.85. The molecule has 0 radical (unpaired) electrons. The molecule has 6 heteroatoms. The lowest BCUT2D eigenvalue weighted by Crippen LogP contribution is -2.31. The van der Waals surface area contributed by atoms with E-state index in [2.05, 4.69) is 0 Å². The van der Waals surface area contributed by atoms with Crippen molar-refractivity contribution < 1.29 is 14.5 Å². The molecule has 0 saturated carbocycles. The Bertz CT molecular complexity index is 728. The van der Waals surface area contributed by atoms with Crippen molar-refractivity contribution in [3.8, 4) is 5.75 Å². The predicted octanol–water partition coefficient (Wildman–Crippen LogP) is 3.37. The maximum atomic E-state index is 12.5. The highest BCUT2D eigenvalue weighted by molar-refractivity contribution is 5.79. The number of nitro groups is 1. The molecule has 126 valence electrons. The number of hydrogen-bond donors (Lipinski definition) is 0. The highest BCUT2D eigenvalue weighted by Gasteiger charge is 2.19. The second-order valence-corrected chi connectivity index (χ2v) is 5.56. The van der Waals surface area contributed by atoms with Gasteiger partial charge in [0.25, 0.3) is 5.69 Å². The molecule has 0 saturated heterocycles. The van der Waals surface area contributed by atoms with Crippen molar-refractivity contribution in [2.75, 3.05) is 14.2 Å². The van der Waals surface area contributed by atoms with Crippen molar-refractivity contribution in [3.05, 3.63) is 69.8 Å². The molecule has 0 aromatic heterocycles. The summed E-state index contributed by atoms with van der Waals surface area (Å²) < 4.78 is 5.10. The molecule has 0 bridgehead atoms. The van der Waals surface area contributed by atoms with Crippen LogP contribution in [0, 0.1) is 10.1 Å². The van der Waals surface area contributed by atoms with Gasteiger partial charge in [0.05, 0.1) is 24.5 Å². The molecule has 0 aliphatic heterocycles. The van der Waals surface area contributed by atoms with Gasteiger partial charge in [0.1, 0.15) is 5.75 Å². The fraction of sp³-hybridized carbons (Fsp3) is 0.278. The quantitative estimate of drug-likeness (QED) is 0.602. The van der Waals surface area contributed by atoms with Gasteiger partial charge in [0.2, 0.25) is 5.91 Å². The molecule has 0 spiro atoms. The van der Waals surface area contributed by atoms with Crippen LogP contribution in [0.2, 0.25) is 0 Å². The van der Waals surface area contributed by atoms with Gasteiger partial charge in [-0.1, -0.05) is 24.3 Å². The van der Waals surface area contributed by atoms with Gasteiger partial charge in [-0.15, -0.1) is 0 Å². The molecule has 0 aliphatic rings. The number of rotatable bonds is 6. The van der Waals surface area contributed by atoms with Crippen LogP contribution in [0.1, 0.15) is 24.1 Å². The zero-order valence-electron chi connectivity index (χ0n) is 13.9. The topological polar surface area (TPSA) is 72.7 Å². The Balaban J connectivity index is 2.08. The van der Waals surface area contributed by atoms with Crippen LogP contribution >= 0.6 is 0 Å². The van der Waals surface area contributed by atoms with Crippen LogP contribution in [-0.2, 0) is 11.2 Å². The Morgan fingerprint density at radius 1 is 1.25 bits per heavy atom. The monoisotopic (exact) mass is 328 g/mol. The normalized spacial score (nSPS) is 11.6. The number of nitrogens with zero attached hydrogens (tertiary/aromatic N) is 2. The summed E-state index contributed by atoms with van der Waals surface area (Å²) in [5.74, 6) is 0.684. The summed E-state index contributed by atoms with van der Waals surface area (Å²) in [7, 11) is 3.30. The number of non-ortho nitro benzene ring substituents is 1. The molecule has 1 atom stereocenters. The highest BCUT2D eigenvalue weighted by Crippen LogP contribution is 2.23. The van der Waals surface area contributed by atoms with E-state index in [1.165, 1.54) is 12.1 Å². The van der Waals surface area contributed by atoms with E-state index in [9.17, 15) is 14.9 Å². The molecular weight excluding hydrogens is 308 g/mol. The van der Waals surface area contributed by atoms with Gasteiger partial charge >= 0.3 is 0 Å². The molecule has 0 fully saturated rings. The summed E-state index contributed by atoms with van der Waals surface area (Å²) in [4.78, 5) is 24.5. The highest BCUT2D eigenvalue weighted by atomic mass is 16.6. The van der Waals surface area contributed by atoms with Gasteiger partial charge in [-0.05, 0) is 30.2 Å². The van der Waals surface area contributed by atoms with Crippen LogP contribution < -0.4 is 4.74 Å². The van der Waals surface area contributed by atoms with Crippen molar-refractivity contribution in [1.82, 2.24) is 4.90 Å². The van der Waals surface area contributed by atoms with Crippen LogP contribution in [0.5, 0.6) is 5.75 Å². The summed E-state index contributed by atoms with van der Waals surface area (Å²) >= 11 is 0. The molecule has 0 unspecified atom stereocenters. The molecule has 0 heterocycles. The molecule has 0 aliphatic carbocycles. The molecule has 24 heavy (non-hydrogen) atoms. The summed E-state index contributed by atoms with van der Waals surface area (Å²) in [6.07, 6.45) is 0.264. The number of ether oxygens (including phenoxy) is 1. The largest absolute Gasteiger partial charge is 0.497 e. The minimum atomic E-state index is -0.435. The number of hydrogen-bond acceptors (Lipinski definition) is 4. The van der Waals surface area contributed by atoms with Crippen LogP contribution in [0.25, 0.3) is 0 Å². The van der Waals surface area contributed by atoms with E-state index in [0.29, 0.717) is 0 Å². The lowest BCUT2D eigenvalue weighted by atomic mass is 10.1. The second-order valence-electron chi connectivity index (χ2n) is 5.56. The maximum Gasteiger partial charge on any atom is 0.269 e. The lowest BCUT2D eigenvalue weighted by molar-refractivity contribution is -0.384. The third kappa shape index (κ3) is 4.10. The first kappa shape index (κ1) is 17.5. The van der Waals surface area contributed by atoms with E-state index in [0.717, 1.165) is 16.9 Å². The smallest absolute Gasteiger partial charge is 0.269 e. The standard InChI is InChI=1S/C18H20N2O4/c1-13(15-5-4-6-16(12-15)20(22)23)19(2)18(21)11-14-7-9-17(24-3)10-8-14/h4-10,12-13H,11H2,1-3H3/t13-/m0/s1. The Hall–Kier alpha value is -2.89. The Morgan fingerprint density at radius 2 is 1.92 bits per heavy atom. The summed E-state index contributed by atoms with van der Waals surface area (Å²) in [6, 6.07) is 13.4. The Morgan fingerprint density at radius 3 is 2.50 bits per heavy atom. The van der Waals surface area contributed by atoms with E-state index in [1.54, 1.807) is 31.2 Å². The fourth-order valence-corrected chi connectivity index (χ4v) is 2.38. The van der Waals surface area contributed by atoms with Gasteiger partial charge in [-0.2, -0.15) is 0 Å².